The molecule has 2 rings (SSSR count). The molecular weight excluding hydrogens is 218 g/mol. The molecule has 17 heavy (non-hydrogen) atoms. The molecular formula is C12H13N3O2. The maximum atomic E-state index is 11.6. The van der Waals surface area contributed by atoms with E-state index in [1.54, 1.807) is 36.9 Å². The largest absolute Gasteiger partial charge is 0.506 e. The van der Waals surface area contributed by atoms with Crippen LogP contribution in [0.3, 0.4) is 0 Å². The lowest BCUT2D eigenvalue weighted by Crippen LogP contribution is -2.14. The number of aromatic nitrogens is 2. The van der Waals surface area contributed by atoms with E-state index in [1.807, 2.05) is 4.57 Å². The molecule has 0 unspecified atom stereocenters. The highest BCUT2D eigenvalue weighted by Gasteiger charge is 2.05. The Morgan fingerprint density at radius 3 is 2.94 bits per heavy atom. The third-order valence-corrected chi connectivity index (χ3v) is 2.33. The Labute approximate surface area is 98.7 Å². The van der Waals surface area contributed by atoms with E-state index in [-0.39, 0.29) is 11.7 Å². The number of imidazole rings is 1. The summed E-state index contributed by atoms with van der Waals surface area (Å²) in [6, 6.07) is 6.65. The number of nitrogens with one attached hydrogen (secondary N) is 1. The van der Waals surface area contributed by atoms with Crippen LogP contribution in [0.1, 0.15) is 6.42 Å². The zero-order valence-corrected chi connectivity index (χ0v) is 9.21. The molecule has 0 radical (unpaired) electrons. The Balaban J connectivity index is 1.87. The lowest BCUT2D eigenvalue weighted by atomic mass is 10.3. The SMILES string of the molecule is O=C(CCn1ccnc1)Nc1ccccc1O. The van der Waals surface area contributed by atoms with Gasteiger partial charge in [-0.1, -0.05) is 12.1 Å². The fourth-order valence-corrected chi connectivity index (χ4v) is 1.44. The van der Waals surface area contributed by atoms with Crippen LogP contribution in [0.2, 0.25) is 0 Å². The maximum absolute atomic E-state index is 11.6. The average molecular weight is 231 g/mol. The van der Waals surface area contributed by atoms with Gasteiger partial charge in [-0.15, -0.1) is 0 Å². The molecule has 0 spiro atoms. The van der Waals surface area contributed by atoms with Gasteiger partial charge < -0.3 is 15.0 Å². The van der Waals surface area contributed by atoms with Crippen LogP contribution in [-0.2, 0) is 11.3 Å². The summed E-state index contributed by atoms with van der Waals surface area (Å²) in [5.41, 5.74) is 0.433. The van der Waals surface area contributed by atoms with E-state index in [9.17, 15) is 9.90 Å². The second-order valence-corrected chi connectivity index (χ2v) is 3.62. The van der Waals surface area contributed by atoms with Gasteiger partial charge >= 0.3 is 0 Å². The molecule has 2 N–H and O–H groups in total. The summed E-state index contributed by atoms with van der Waals surface area (Å²) in [5.74, 6) is -0.0660. The lowest BCUT2D eigenvalue weighted by molar-refractivity contribution is -0.116. The highest BCUT2D eigenvalue weighted by atomic mass is 16.3. The van der Waals surface area contributed by atoms with E-state index < -0.39 is 0 Å². The standard InChI is InChI=1S/C12H13N3O2/c16-11-4-2-1-3-10(11)14-12(17)5-7-15-8-6-13-9-15/h1-4,6,8-9,16H,5,7H2,(H,14,17). The number of phenols is 1. The van der Waals surface area contributed by atoms with Gasteiger partial charge in [0.05, 0.1) is 12.0 Å². The molecule has 5 heteroatoms. The van der Waals surface area contributed by atoms with Crippen LogP contribution in [0.15, 0.2) is 43.0 Å². The van der Waals surface area contributed by atoms with E-state index >= 15 is 0 Å². The number of aryl methyl sites for hydroxylation is 1. The summed E-state index contributed by atoms with van der Waals surface area (Å²) >= 11 is 0. The van der Waals surface area contributed by atoms with Gasteiger partial charge in [-0.2, -0.15) is 0 Å². The number of aromatic hydroxyl groups is 1. The minimum absolute atomic E-state index is 0.0727. The van der Waals surface area contributed by atoms with Crippen molar-refractivity contribution in [3.8, 4) is 5.75 Å². The van der Waals surface area contributed by atoms with Crippen LogP contribution in [0, 0.1) is 0 Å². The Hall–Kier alpha value is -2.30. The van der Waals surface area contributed by atoms with Crippen molar-refractivity contribution in [1.29, 1.82) is 0 Å². The van der Waals surface area contributed by atoms with Crippen molar-refractivity contribution >= 4 is 11.6 Å². The van der Waals surface area contributed by atoms with E-state index in [0.29, 0.717) is 18.7 Å². The topological polar surface area (TPSA) is 67.2 Å². The maximum Gasteiger partial charge on any atom is 0.226 e. The molecule has 0 aliphatic rings. The van der Waals surface area contributed by atoms with Crippen molar-refractivity contribution in [2.24, 2.45) is 0 Å². The van der Waals surface area contributed by atoms with Crippen LogP contribution in [0.5, 0.6) is 5.75 Å². The smallest absolute Gasteiger partial charge is 0.226 e. The molecule has 0 aliphatic carbocycles. The van der Waals surface area contributed by atoms with Crippen LogP contribution < -0.4 is 5.32 Å². The first-order valence-electron chi connectivity index (χ1n) is 5.29. The van der Waals surface area contributed by atoms with Crippen LogP contribution >= 0.6 is 0 Å². The minimum Gasteiger partial charge on any atom is -0.506 e. The zero-order valence-electron chi connectivity index (χ0n) is 9.21. The fraction of sp³-hybridized carbons (Fsp3) is 0.167. The summed E-state index contributed by atoms with van der Waals surface area (Å²) in [7, 11) is 0. The molecule has 5 nitrogen and oxygen atoms in total. The normalized spacial score (nSPS) is 10.1. The first-order valence-corrected chi connectivity index (χ1v) is 5.29. The van der Waals surface area contributed by atoms with Gasteiger partial charge in [-0.25, -0.2) is 4.98 Å². The predicted molar refractivity (Wildman–Crippen MR) is 63.6 cm³/mol. The molecule has 1 aromatic heterocycles. The van der Waals surface area contributed by atoms with Gasteiger partial charge in [0.15, 0.2) is 0 Å². The second kappa shape index (κ2) is 5.16. The van der Waals surface area contributed by atoms with Gasteiger partial charge in [0.2, 0.25) is 5.91 Å². The number of hydrogen-bond donors (Lipinski definition) is 2. The summed E-state index contributed by atoms with van der Waals surface area (Å²) in [4.78, 5) is 15.5. The molecule has 0 atom stereocenters. The summed E-state index contributed by atoms with van der Waals surface area (Å²) in [6.07, 6.45) is 5.46. The lowest BCUT2D eigenvalue weighted by Gasteiger charge is -2.07. The van der Waals surface area contributed by atoms with Gasteiger partial charge in [-0.3, -0.25) is 4.79 Å². The molecule has 0 fully saturated rings. The van der Waals surface area contributed by atoms with Crippen LogP contribution in [0.25, 0.3) is 0 Å². The van der Waals surface area contributed by atoms with E-state index in [1.165, 1.54) is 6.07 Å². The Morgan fingerprint density at radius 1 is 1.41 bits per heavy atom. The average Bonchev–Trinajstić information content (AvgIpc) is 2.82. The number of benzene rings is 1. The Bertz CT molecular complexity index is 494. The molecule has 1 heterocycles. The number of hydrogen-bond acceptors (Lipinski definition) is 3. The van der Waals surface area contributed by atoms with Gasteiger partial charge in [0.25, 0.3) is 0 Å². The summed E-state index contributed by atoms with van der Waals surface area (Å²) < 4.78 is 1.82. The number of rotatable bonds is 4. The zero-order chi connectivity index (χ0) is 12.1. The van der Waals surface area contributed by atoms with E-state index in [0.717, 1.165) is 0 Å². The highest BCUT2D eigenvalue weighted by Crippen LogP contribution is 2.21. The van der Waals surface area contributed by atoms with Crippen LogP contribution in [-0.4, -0.2) is 20.6 Å². The van der Waals surface area contributed by atoms with Gasteiger partial charge in [-0.05, 0) is 12.1 Å². The Morgan fingerprint density at radius 2 is 2.24 bits per heavy atom. The monoisotopic (exact) mass is 231 g/mol. The summed E-state index contributed by atoms with van der Waals surface area (Å²) in [5, 5.41) is 12.1. The third-order valence-electron chi connectivity index (χ3n) is 2.33. The molecule has 0 aliphatic heterocycles. The van der Waals surface area contributed by atoms with Crippen molar-refractivity contribution in [2.45, 2.75) is 13.0 Å². The molecule has 0 saturated carbocycles. The van der Waals surface area contributed by atoms with Crippen molar-refractivity contribution in [3.05, 3.63) is 43.0 Å². The summed E-state index contributed by atoms with van der Waals surface area (Å²) in [6.45, 7) is 0.569. The molecule has 0 bridgehead atoms. The van der Waals surface area contributed by atoms with Crippen molar-refractivity contribution < 1.29 is 9.90 Å². The number of carbonyl (C=O) groups excluding carboxylic acids is 1. The molecule has 0 saturated heterocycles. The molecule has 1 amide bonds. The quantitative estimate of drug-likeness (QED) is 0.786. The third kappa shape index (κ3) is 3.07. The van der Waals surface area contributed by atoms with Gasteiger partial charge in [0, 0.05) is 25.4 Å². The van der Waals surface area contributed by atoms with Crippen LogP contribution in [0.4, 0.5) is 5.69 Å². The van der Waals surface area contributed by atoms with E-state index in [4.69, 9.17) is 0 Å². The number of para-hydroxylation sites is 2. The number of amides is 1. The molecule has 1 aromatic carbocycles. The number of carbonyl (C=O) groups is 1. The van der Waals surface area contributed by atoms with Gasteiger partial charge in [0.1, 0.15) is 5.75 Å². The first-order chi connectivity index (χ1) is 8.25. The highest BCUT2D eigenvalue weighted by molar-refractivity contribution is 5.92. The minimum atomic E-state index is -0.139. The number of anilines is 1. The fourth-order valence-electron chi connectivity index (χ4n) is 1.44. The van der Waals surface area contributed by atoms with E-state index in [2.05, 4.69) is 10.3 Å². The Kier molecular flexibility index (Phi) is 3.40. The van der Waals surface area contributed by atoms with Crippen molar-refractivity contribution in [2.75, 3.05) is 5.32 Å². The van der Waals surface area contributed by atoms with Crippen molar-refractivity contribution in [3.63, 3.8) is 0 Å². The second-order valence-electron chi connectivity index (χ2n) is 3.62. The van der Waals surface area contributed by atoms with Crippen molar-refractivity contribution in [1.82, 2.24) is 9.55 Å². The number of phenolic OH excluding ortho intramolecular Hbond substituents is 1. The molecule has 2 aromatic rings. The number of nitrogens with zero attached hydrogens (tertiary/aromatic N) is 2. The molecule has 88 valence electrons. The first kappa shape index (κ1) is 11.2. The predicted octanol–water partition coefficient (Wildman–Crippen LogP) is 1.62.